The van der Waals surface area contributed by atoms with Crippen LogP contribution in [-0.4, -0.2) is 16.9 Å². The number of pyridine rings is 1. The highest BCUT2D eigenvalue weighted by molar-refractivity contribution is 7.21. The molecule has 0 aliphatic heterocycles. The molecular formula is C16H21N3OS. The molecular weight excluding hydrogens is 282 g/mol. The molecule has 0 radical (unpaired) electrons. The second kappa shape index (κ2) is 6.02. The van der Waals surface area contributed by atoms with Crippen LogP contribution < -0.4 is 11.1 Å². The van der Waals surface area contributed by atoms with E-state index in [1.54, 1.807) is 6.20 Å². The number of hydrogen-bond acceptors (Lipinski definition) is 4. The normalized spacial score (nSPS) is 22.3. The lowest BCUT2D eigenvalue weighted by Crippen LogP contribution is -2.38. The maximum atomic E-state index is 12.5. The number of thiophene rings is 1. The Morgan fingerprint density at radius 2 is 2.38 bits per heavy atom. The number of fused-ring (bicyclic) bond motifs is 1. The molecule has 2 heterocycles. The molecule has 1 amide bonds. The third kappa shape index (κ3) is 2.88. The third-order valence-corrected chi connectivity index (χ3v) is 5.54. The average Bonchev–Trinajstić information content (AvgIpc) is 2.85. The highest BCUT2D eigenvalue weighted by Gasteiger charge is 2.24. The molecule has 112 valence electrons. The molecule has 4 nitrogen and oxygen atoms in total. The number of amides is 1. The Hall–Kier alpha value is -1.62. The van der Waals surface area contributed by atoms with Gasteiger partial charge in [-0.3, -0.25) is 9.78 Å². The first kappa shape index (κ1) is 14.3. The Balaban J connectivity index is 1.76. The van der Waals surface area contributed by atoms with Gasteiger partial charge in [0.25, 0.3) is 5.91 Å². The molecule has 2 atom stereocenters. The summed E-state index contributed by atoms with van der Waals surface area (Å²) in [4.78, 5) is 17.4. The Morgan fingerprint density at radius 3 is 3.14 bits per heavy atom. The van der Waals surface area contributed by atoms with E-state index >= 15 is 0 Å². The molecule has 2 unspecified atom stereocenters. The third-order valence-electron chi connectivity index (χ3n) is 4.38. The summed E-state index contributed by atoms with van der Waals surface area (Å²) in [6, 6.07) is 4.11. The Labute approximate surface area is 128 Å². The van der Waals surface area contributed by atoms with Crippen molar-refractivity contribution in [1.82, 2.24) is 10.3 Å². The van der Waals surface area contributed by atoms with E-state index in [0.717, 1.165) is 29.0 Å². The zero-order valence-corrected chi connectivity index (χ0v) is 13.1. The Bertz CT molecular complexity index is 652. The topological polar surface area (TPSA) is 68.0 Å². The summed E-state index contributed by atoms with van der Waals surface area (Å²) in [5, 5.41) is 3.16. The van der Waals surface area contributed by atoms with Gasteiger partial charge in [-0.15, -0.1) is 11.3 Å². The van der Waals surface area contributed by atoms with Crippen LogP contribution >= 0.6 is 11.3 Å². The molecule has 2 aromatic heterocycles. The van der Waals surface area contributed by atoms with Gasteiger partial charge in [-0.05, 0) is 30.9 Å². The molecule has 0 bridgehead atoms. The zero-order valence-electron chi connectivity index (χ0n) is 12.3. The number of rotatable bonds is 3. The Morgan fingerprint density at radius 1 is 1.52 bits per heavy atom. The average molecular weight is 303 g/mol. The van der Waals surface area contributed by atoms with Gasteiger partial charge >= 0.3 is 0 Å². The van der Waals surface area contributed by atoms with Gasteiger partial charge in [0.15, 0.2) is 0 Å². The quantitative estimate of drug-likeness (QED) is 0.910. The van der Waals surface area contributed by atoms with E-state index in [4.69, 9.17) is 5.73 Å². The molecule has 3 rings (SSSR count). The fraction of sp³-hybridized carbons (Fsp3) is 0.500. The van der Waals surface area contributed by atoms with Crippen LogP contribution in [0.25, 0.3) is 10.2 Å². The van der Waals surface area contributed by atoms with Crippen molar-refractivity contribution in [2.75, 3.05) is 5.73 Å². The lowest BCUT2D eigenvalue weighted by atomic mass is 9.84. The first-order valence-corrected chi connectivity index (χ1v) is 8.44. The molecule has 1 fully saturated rings. The minimum atomic E-state index is -0.0442. The van der Waals surface area contributed by atoms with Crippen LogP contribution in [0.2, 0.25) is 0 Å². The fourth-order valence-electron chi connectivity index (χ4n) is 3.16. The maximum absolute atomic E-state index is 12.5. The van der Waals surface area contributed by atoms with Gasteiger partial charge < -0.3 is 11.1 Å². The van der Waals surface area contributed by atoms with Gasteiger partial charge in [-0.1, -0.05) is 26.2 Å². The second-order valence-electron chi connectivity index (χ2n) is 5.81. The van der Waals surface area contributed by atoms with E-state index in [1.807, 2.05) is 12.1 Å². The Kier molecular flexibility index (Phi) is 4.10. The van der Waals surface area contributed by atoms with Crippen LogP contribution in [0.4, 0.5) is 5.69 Å². The number of aromatic nitrogens is 1. The summed E-state index contributed by atoms with van der Waals surface area (Å²) in [5.74, 6) is 0.697. The van der Waals surface area contributed by atoms with Crippen molar-refractivity contribution >= 4 is 33.1 Å². The van der Waals surface area contributed by atoms with Crippen LogP contribution in [-0.2, 0) is 0 Å². The van der Waals surface area contributed by atoms with Gasteiger partial charge in [0.1, 0.15) is 10.4 Å². The van der Waals surface area contributed by atoms with Gasteiger partial charge in [0, 0.05) is 12.2 Å². The molecule has 1 aliphatic carbocycles. The maximum Gasteiger partial charge on any atom is 0.263 e. The molecule has 0 saturated heterocycles. The minimum Gasteiger partial charge on any atom is -0.396 e. The van der Waals surface area contributed by atoms with Crippen molar-refractivity contribution < 1.29 is 4.79 Å². The van der Waals surface area contributed by atoms with Crippen LogP contribution in [0.1, 0.15) is 48.7 Å². The number of anilines is 1. The van der Waals surface area contributed by atoms with Crippen molar-refractivity contribution in [3.8, 4) is 0 Å². The van der Waals surface area contributed by atoms with Crippen molar-refractivity contribution in [2.24, 2.45) is 5.92 Å². The molecule has 5 heteroatoms. The van der Waals surface area contributed by atoms with Crippen LogP contribution in [0.15, 0.2) is 18.3 Å². The first-order valence-electron chi connectivity index (χ1n) is 7.63. The monoisotopic (exact) mass is 303 g/mol. The van der Waals surface area contributed by atoms with E-state index in [0.29, 0.717) is 10.6 Å². The van der Waals surface area contributed by atoms with E-state index in [-0.39, 0.29) is 11.9 Å². The van der Waals surface area contributed by atoms with Crippen molar-refractivity contribution in [2.45, 2.75) is 45.1 Å². The van der Waals surface area contributed by atoms with Crippen LogP contribution in [0, 0.1) is 5.92 Å². The first-order chi connectivity index (χ1) is 10.2. The number of nitrogens with two attached hydrogens (primary N) is 1. The van der Waals surface area contributed by atoms with E-state index in [1.165, 1.54) is 30.6 Å². The predicted octanol–water partition coefficient (Wildman–Crippen LogP) is 3.58. The van der Waals surface area contributed by atoms with E-state index in [2.05, 4.69) is 17.2 Å². The fourth-order valence-corrected chi connectivity index (χ4v) is 4.14. The molecule has 0 spiro atoms. The zero-order chi connectivity index (χ0) is 14.8. The number of carbonyl (C=O) groups excluding carboxylic acids is 1. The summed E-state index contributed by atoms with van der Waals surface area (Å²) in [6.07, 6.45) is 7.56. The highest BCUT2D eigenvalue weighted by atomic mass is 32.1. The molecule has 1 aliphatic rings. The molecule has 21 heavy (non-hydrogen) atoms. The second-order valence-corrected chi connectivity index (χ2v) is 6.86. The highest BCUT2D eigenvalue weighted by Crippen LogP contribution is 2.32. The summed E-state index contributed by atoms with van der Waals surface area (Å²) in [7, 11) is 0. The summed E-state index contributed by atoms with van der Waals surface area (Å²) in [6.45, 7) is 2.23. The van der Waals surface area contributed by atoms with Crippen molar-refractivity contribution in [1.29, 1.82) is 0 Å². The molecule has 3 N–H and O–H groups in total. The largest absolute Gasteiger partial charge is 0.396 e. The van der Waals surface area contributed by atoms with Crippen molar-refractivity contribution in [3.05, 3.63) is 23.2 Å². The smallest absolute Gasteiger partial charge is 0.263 e. The van der Waals surface area contributed by atoms with Gasteiger partial charge in [0.2, 0.25) is 0 Å². The SMILES string of the molecule is CCC1CCCC(NC(=O)c2sc3cccnc3c2N)C1. The van der Waals surface area contributed by atoms with Gasteiger partial charge in [0.05, 0.1) is 10.4 Å². The lowest BCUT2D eigenvalue weighted by molar-refractivity contribution is 0.0924. The van der Waals surface area contributed by atoms with Crippen molar-refractivity contribution in [3.63, 3.8) is 0 Å². The minimum absolute atomic E-state index is 0.0442. The number of nitrogens with one attached hydrogen (secondary N) is 1. The molecule has 1 saturated carbocycles. The number of nitrogen functional groups attached to an aromatic ring is 1. The molecule has 0 aromatic carbocycles. The molecule has 2 aromatic rings. The van der Waals surface area contributed by atoms with Gasteiger partial charge in [-0.2, -0.15) is 0 Å². The van der Waals surface area contributed by atoms with E-state index < -0.39 is 0 Å². The summed E-state index contributed by atoms with van der Waals surface area (Å²) < 4.78 is 0.968. The van der Waals surface area contributed by atoms with Crippen LogP contribution in [0.5, 0.6) is 0 Å². The van der Waals surface area contributed by atoms with E-state index in [9.17, 15) is 4.79 Å². The summed E-state index contributed by atoms with van der Waals surface area (Å²) in [5.41, 5.74) is 7.33. The number of hydrogen-bond donors (Lipinski definition) is 2. The standard InChI is InChI=1S/C16H21N3OS/c1-2-10-5-3-6-11(9-10)19-16(20)15-13(17)14-12(21-15)7-4-8-18-14/h4,7-8,10-11H,2-3,5-6,9,17H2,1H3,(H,19,20). The van der Waals surface area contributed by atoms with Crippen LogP contribution in [0.3, 0.4) is 0 Å². The predicted molar refractivity (Wildman–Crippen MR) is 87.5 cm³/mol. The van der Waals surface area contributed by atoms with Gasteiger partial charge in [-0.25, -0.2) is 0 Å². The summed E-state index contributed by atoms with van der Waals surface area (Å²) >= 11 is 1.43. The number of carbonyl (C=O) groups is 1. The number of nitrogens with zero attached hydrogens (tertiary/aromatic N) is 1. The lowest BCUT2D eigenvalue weighted by Gasteiger charge is -2.29.